The minimum Gasteiger partial charge on any atom is -0.379 e. The Bertz CT molecular complexity index is 478. The van der Waals surface area contributed by atoms with Gasteiger partial charge in [-0.15, -0.1) is 0 Å². The van der Waals surface area contributed by atoms with E-state index in [2.05, 4.69) is 26.2 Å². The predicted octanol–water partition coefficient (Wildman–Crippen LogP) is 2.90. The van der Waals surface area contributed by atoms with Gasteiger partial charge < -0.3 is 10.1 Å². The third-order valence-corrected chi connectivity index (χ3v) is 3.99. The van der Waals surface area contributed by atoms with E-state index in [0.717, 1.165) is 12.5 Å². The number of ether oxygens (including phenoxy) is 1. The van der Waals surface area contributed by atoms with Crippen molar-refractivity contribution >= 4 is 27.4 Å². The molecule has 7 heteroatoms. The van der Waals surface area contributed by atoms with Crippen LogP contribution in [-0.2, 0) is 4.74 Å². The van der Waals surface area contributed by atoms with Crippen molar-refractivity contribution in [2.45, 2.75) is 19.8 Å². The van der Waals surface area contributed by atoms with Crippen molar-refractivity contribution in [3.63, 3.8) is 0 Å². The molecule has 1 fully saturated rings. The predicted molar refractivity (Wildman–Crippen MR) is 75.4 cm³/mol. The van der Waals surface area contributed by atoms with Gasteiger partial charge >= 0.3 is 0 Å². The van der Waals surface area contributed by atoms with Crippen molar-refractivity contribution in [2.75, 3.05) is 25.1 Å². The van der Waals surface area contributed by atoms with Crippen LogP contribution in [0.2, 0.25) is 0 Å². The third-order valence-electron chi connectivity index (χ3n) is 3.02. The Balaban J connectivity index is 1.85. The standard InChI is InChI=1S/C12H16BrN3O3/c1-8-10(16(17)18)6-15-12(11(8)13)14-4-5-19-7-9-2-3-9/h6,9H,2-5,7H2,1H3,(H,14,15). The van der Waals surface area contributed by atoms with E-state index >= 15 is 0 Å². The summed E-state index contributed by atoms with van der Waals surface area (Å²) in [6.45, 7) is 3.77. The zero-order valence-electron chi connectivity index (χ0n) is 10.7. The summed E-state index contributed by atoms with van der Waals surface area (Å²) >= 11 is 3.33. The normalized spacial score (nSPS) is 14.4. The van der Waals surface area contributed by atoms with Crippen molar-refractivity contribution in [3.05, 3.63) is 26.3 Å². The van der Waals surface area contributed by atoms with Gasteiger partial charge in [-0.2, -0.15) is 0 Å². The molecule has 0 aromatic carbocycles. The Hall–Kier alpha value is -1.21. The van der Waals surface area contributed by atoms with Crippen LogP contribution in [-0.4, -0.2) is 29.7 Å². The fourth-order valence-corrected chi connectivity index (χ4v) is 2.10. The summed E-state index contributed by atoms with van der Waals surface area (Å²) in [6.07, 6.45) is 3.83. The molecular weight excluding hydrogens is 314 g/mol. The zero-order valence-corrected chi connectivity index (χ0v) is 12.3. The topological polar surface area (TPSA) is 77.3 Å². The number of anilines is 1. The Morgan fingerprint density at radius 3 is 3.00 bits per heavy atom. The van der Waals surface area contributed by atoms with E-state index in [9.17, 15) is 10.1 Å². The van der Waals surface area contributed by atoms with E-state index in [1.807, 2.05) is 0 Å². The first kappa shape index (κ1) is 14.2. The average molecular weight is 330 g/mol. The van der Waals surface area contributed by atoms with Crippen LogP contribution in [0.3, 0.4) is 0 Å². The molecular formula is C12H16BrN3O3. The molecule has 0 bridgehead atoms. The monoisotopic (exact) mass is 329 g/mol. The first-order chi connectivity index (χ1) is 9.09. The first-order valence-electron chi connectivity index (χ1n) is 6.20. The number of pyridine rings is 1. The molecule has 2 rings (SSSR count). The summed E-state index contributed by atoms with van der Waals surface area (Å²) < 4.78 is 6.13. The Kier molecular flexibility index (Phi) is 4.71. The van der Waals surface area contributed by atoms with Crippen molar-refractivity contribution in [1.82, 2.24) is 4.98 Å². The summed E-state index contributed by atoms with van der Waals surface area (Å²) in [5.41, 5.74) is 0.587. The number of nitrogens with zero attached hydrogens (tertiary/aromatic N) is 2. The number of nitro groups is 1. The molecule has 1 aromatic rings. The van der Waals surface area contributed by atoms with Crippen LogP contribution in [0.5, 0.6) is 0 Å². The molecule has 1 aromatic heterocycles. The van der Waals surface area contributed by atoms with E-state index in [0.29, 0.717) is 29.0 Å². The van der Waals surface area contributed by atoms with Crippen LogP contribution in [0.15, 0.2) is 10.7 Å². The van der Waals surface area contributed by atoms with Gasteiger partial charge in [-0.05, 0) is 41.6 Å². The second-order valence-corrected chi connectivity index (χ2v) is 5.43. The summed E-state index contributed by atoms with van der Waals surface area (Å²) in [6, 6.07) is 0. The quantitative estimate of drug-likeness (QED) is 0.472. The van der Waals surface area contributed by atoms with Crippen LogP contribution in [0.25, 0.3) is 0 Å². The van der Waals surface area contributed by atoms with Gasteiger partial charge in [0.15, 0.2) is 0 Å². The number of aromatic nitrogens is 1. The van der Waals surface area contributed by atoms with Gasteiger partial charge in [0, 0.05) is 18.7 Å². The molecule has 0 aliphatic heterocycles. The fourth-order valence-electron chi connectivity index (χ4n) is 1.65. The van der Waals surface area contributed by atoms with Crippen LogP contribution in [0, 0.1) is 23.0 Å². The number of nitrogens with one attached hydrogen (secondary N) is 1. The van der Waals surface area contributed by atoms with Gasteiger partial charge in [-0.3, -0.25) is 10.1 Å². The van der Waals surface area contributed by atoms with Crippen molar-refractivity contribution in [2.24, 2.45) is 5.92 Å². The van der Waals surface area contributed by atoms with E-state index in [-0.39, 0.29) is 5.69 Å². The molecule has 1 heterocycles. The Morgan fingerprint density at radius 2 is 2.37 bits per heavy atom. The molecule has 104 valence electrons. The van der Waals surface area contributed by atoms with Gasteiger partial charge in [-0.25, -0.2) is 4.98 Å². The Labute approximate surface area is 119 Å². The molecule has 1 N–H and O–H groups in total. The molecule has 6 nitrogen and oxygen atoms in total. The van der Waals surface area contributed by atoms with Crippen molar-refractivity contribution < 1.29 is 9.66 Å². The van der Waals surface area contributed by atoms with E-state index < -0.39 is 4.92 Å². The number of halogens is 1. The van der Waals surface area contributed by atoms with Gasteiger partial charge in [0.1, 0.15) is 12.0 Å². The van der Waals surface area contributed by atoms with Gasteiger partial charge in [0.25, 0.3) is 5.69 Å². The molecule has 1 aliphatic rings. The Morgan fingerprint density at radius 1 is 1.63 bits per heavy atom. The van der Waals surface area contributed by atoms with Crippen LogP contribution in [0.1, 0.15) is 18.4 Å². The second-order valence-electron chi connectivity index (χ2n) is 4.63. The highest BCUT2D eigenvalue weighted by Crippen LogP contribution is 2.30. The van der Waals surface area contributed by atoms with Crippen molar-refractivity contribution in [3.8, 4) is 0 Å². The summed E-state index contributed by atoms with van der Waals surface area (Å²) in [7, 11) is 0. The van der Waals surface area contributed by atoms with Gasteiger partial charge in [0.2, 0.25) is 0 Å². The highest BCUT2D eigenvalue weighted by molar-refractivity contribution is 9.10. The maximum atomic E-state index is 10.8. The summed E-state index contributed by atoms with van der Waals surface area (Å²) in [5.74, 6) is 1.37. The maximum absolute atomic E-state index is 10.8. The van der Waals surface area contributed by atoms with E-state index in [1.54, 1.807) is 6.92 Å². The SMILES string of the molecule is Cc1c([N+](=O)[O-])cnc(NCCOCC2CC2)c1Br. The largest absolute Gasteiger partial charge is 0.379 e. The molecule has 0 saturated heterocycles. The second kappa shape index (κ2) is 6.29. The zero-order chi connectivity index (χ0) is 13.8. The van der Waals surface area contributed by atoms with Crippen molar-refractivity contribution in [1.29, 1.82) is 0 Å². The number of hydrogen-bond acceptors (Lipinski definition) is 5. The minimum atomic E-state index is -0.435. The van der Waals surface area contributed by atoms with E-state index in [4.69, 9.17) is 4.74 Å². The molecule has 1 aliphatic carbocycles. The number of hydrogen-bond donors (Lipinski definition) is 1. The molecule has 0 spiro atoms. The summed E-state index contributed by atoms with van der Waals surface area (Å²) in [5, 5.41) is 13.9. The smallest absolute Gasteiger partial charge is 0.291 e. The van der Waals surface area contributed by atoms with Crippen LogP contribution < -0.4 is 5.32 Å². The van der Waals surface area contributed by atoms with Gasteiger partial charge in [0.05, 0.1) is 16.0 Å². The lowest BCUT2D eigenvalue weighted by atomic mass is 10.2. The van der Waals surface area contributed by atoms with Crippen LogP contribution >= 0.6 is 15.9 Å². The average Bonchev–Trinajstić information content (AvgIpc) is 3.17. The lowest BCUT2D eigenvalue weighted by Crippen LogP contribution is -2.12. The first-order valence-corrected chi connectivity index (χ1v) is 7.00. The highest BCUT2D eigenvalue weighted by atomic mass is 79.9. The molecule has 0 radical (unpaired) electrons. The molecule has 0 unspecified atom stereocenters. The minimum absolute atomic E-state index is 0.0161. The molecule has 0 amide bonds. The summed E-state index contributed by atoms with van der Waals surface area (Å²) in [4.78, 5) is 14.4. The molecule has 0 atom stereocenters. The number of rotatable bonds is 7. The lowest BCUT2D eigenvalue weighted by Gasteiger charge is -2.09. The molecule has 1 saturated carbocycles. The lowest BCUT2D eigenvalue weighted by molar-refractivity contribution is -0.385. The maximum Gasteiger partial charge on any atom is 0.291 e. The fraction of sp³-hybridized carbons (Fsp3) is 0.583. The van der Waals surface area contributed by atoms with E-state index in [1.165, 1.54) is 19.0 Å². The van der Waals surface area contributed by atoms with Gasteiger partial charge in [-0.1, -0.05) is 0 Å². The molecule has 19 heavy (non-hydrogen) atoms. The third kappa shape index (κ3) is 3.87. The van der Waals surface area contributed by atoms with Crippen LogP contribution in [0.4, 0.5) is 11.5 Å². The highest BCUT2D eigenvalue weighted by Gasteiger charge is 2.21.